The van der Waals surface area contributed by atoms with Crippen molar-refractivity contribution >= 4 is 15.9 Å². The van der Waals surface area contributed by atoms with Crippen LogP contribution in [0.25, 0.3) is 0 Å². The molecule has 0 saturated carbocycles. The number of amides is 1. The number of nitrogens with zero attached hydrogens (tertiary/aromatic N) is 2. The summed E-state index contributed by atoms with van der Waals surface area (Å²) < 4.78 is 24.9. The standard InChI is InChI=1S/C11H17N3O3S/c1-13(2)12-11(15)9-6-5-7-10(8-9)18(16,17)14(3)4/h5-8H,1-4H3,(H,12,15). The largest absolute Gasteiger partial charge is 0.285 e. The maximum Gasteiger partial charge on any atom is 0.265 e. The van der Waals surface area contributed by atoms with E-state index in [1.54, 1.807) is 26.2 Å². The van der Waals surface area contributed by atoms with Gasteiger partial charge in [-0.25, -0.2) is 17.7 Å². The first-order valence-electron chi connectivity index (χ1n) is 5.26. The number of benzene rings is 1. The SMILES string of the molecule is CN(C)NC(=O)c1cccc(S(=O)(=O)N(C)C)c1. The van der Waals surface area contributed by atoms with Gasteiger partial charge in [0.05, 0.1) is 4.90 Å². The Bertz CT molecular complexity index is 538. The summed E-state index contributed by atoms with van der Waals surface area (Å²) in [4.78, 5) is 11.8. The average molecular weight is 271 g/mol. The number of hydrogen-bond acceptors (Lipinski definition) is 4. The Hall–Kier alpha value is -1.44. The number of hydrazine groups is 1. The molecule has 0 spiro atoms. The van der Waals surface area contributed by atoms with Gasteiger partial charge in [-0.3, -0.25) is 10.2 Å². The highest BCUT2D eigenvalue weighted by molar-refractivity contribution is 7.89. The molecule has 6 nitrogen and oxygen atoms in total. The van der Waals surface area contributed by atoms with E-state index in [-0.39, 0.29) is 10.8 Å². The van der Waals surface area contributed by atoms with E-state index >= 15 is 0 Å². The number of hydrogen-bond donors (Lipinski definition) is 1. The second kappa shape index (κ2) is 5.47. The topological polar surface area (TPSA) is 69.7 Å². The Morgan fingerprint density at radius 2 is 1.78 bits per heavy atom. The first kappa shape index (κ1) is 14.6. The molecule has 0 aromatic heterocycles. The lowest BCUT2D eigenvalue weighted by molar-refractivity contribution is 0.0856. The monoisotopic (exact) mass is 271 g/mol. The summed E-state index contributed by atoms with van der Waals surface area (Å²) in [5, 5.41) is 1.50. The van der Waals surface area contributed by atoms with Gasteiger partial charge < -0.3 is 0 Å². The van der Waals surface area contributed by atoms with Crippen LogP contribution in [-0.4, -0.2) is 51.8 Å². The minimum atomic E-state index is -3.52. The van der Waals surface area contributed by atoms with Crippen molar-refractivity contribution in [1.82, 2.24) is 14.7 Å². The molecule has 0 heterocycles. The normalized spacial score (nSPS) is 11.9. The van der Waals surface area contributed by atoms with Crippen molar-refractivity contribution in [2.75, 3.05) is 28.2 Å². The number of sulfonamides is 1. The van der Waals surface area contributed by atoms with Gasteiger partial charge in [0.15, 0.2) is 0 Å². The summed E-state index contributed by atoms with van der Waals surface area (Å²) in [5.74, 6) is -0.351. The van der Waals surface area contributed by atoms with Gasteiger partial charge in [-0.2, -0.15) is 0 Å². The molecule has 18 heavy (non-hydrogen) atoms. The molecule has 7 heteroatoms. The second-order valence-corrected chi connectivity index (χ2v) is 6.30. The lowest BCUT2D eigenvalue weighted by Gasteiger charge is -2.14. The van der Waals surface area contributed by atoms with Crippen LogP contribution in [0.1, 0.15) is 10.4 Å². The van der Waals surface area contributed by atoms with Crippen molar-refractivity contribution in [3.63, 3.8) is 0 Å². The predicted octanol–water partition coefficient (Wildman–Crippen LogP) is 0.143. The van der Waals surface area contributed by atoms with Gasteiger partial charge in [0.25, 0.3) is 5.91 Å². The summed E-state index contributed by atoms with van der Waals surface area (Å²) >= 11 is 0. The maximum atomic E-state index is 11.9. The molecule has 0 fully saturated rings. The fraction of sp³-hybridized carbons (Fsp3) is 0.364. The van der Waals surface area contributed by atoms with Gasteiger partial charge >= 0.3 is 0 Å². The van der Waals surface area contributed by atoms with Crippen molar-refractivity contribution in [2.24, 2.45) is 0 Å². The summed E-state index contributed by atoms with van der Waals surface area (Å²) in [5.41, 5.74) is 2.85. The van der Waals surface area contributed by atoms with Crippen LogP contribution in [0.3, 0.4) is 0 Å². The van der Waals surface area contributed by atoms with E-state index in [0.29, 0.717) is 5.56 Å². The lowest BCUT2D eigenvalue weighted by Crippen LogP contribution is -2.36. The average Bonchev–Trinajstić information content (AvgIpc) is 2.28. The molecule has 0 bridgehead atoms. The Balaban J connectivity index is 3.11. The molecular formula is C11H17N3O3S. The molecule has 1 rings (SSSR count). The van der Waals surface area contributed by atoms with E-state index in [1.165, 1.54) is 31.2 Å². The third kappa shape index (κ3) is 3.28. The molecule has 0 radical (unpaired) electrons. The molecule has 0 aliphatic rings. The van der Waals surface area contributed by atoms with Crippen LogP contribution < -0.4 is 5.43 Å². The van der Waals surface area contributed by atoms with Gasteiger partial charge in [-0.05, 0) is 18.2 Å². The second-order valence-electron chi connectivity index (χ2n) is 4.15. The summed E-state index contributed by atoms with van der Waals surface area (Å²) in [6.45, 7) is 0. The fourth-order valence-corrected chi connectivity index (χ4v) is 2.22. The van der Waals surface area contributed by atoms with Crippen LogP contribution in [-0.2, 0) is 10.0 Å². The predicted molar refractivity (Wildman–Crippen MR) is 68.5 cm³/mol. The number of carbonyl (C=O) groups is 1. The van der Waals surface area contributed by atoms with Gasteiger partial charge in [0, 0.05) is 33.8 Å². The molecule has 100 valence electrons. The van der Waals surface area contributed by atoms with E-state index in [2.05, 4.69) is 5.43 Å². The van der Waals surface area contributed by atoms with E-state index in [4.69, 9.17) is 0 Å². The first-order chi connectivity index (χ1) is 8.25. The summed E-state index contributed by atoms with van der Waals surface area (Å²) in [6.07, 6.45) is 0. The molecule has 0 unspecified atom stereocenters. The molecule has 1 N–H and O–H groups in total. The minimum absolute atomic E-state index is 0.0962. The molecule has 0 atom stereocenters. The van der Waals surface area contributed by atoms with Crippen LogP contribution in [0.5, 0.6) is 0 Å². The highest BCUT2D eigenvalue weighted by Gasteiger charge is 2.18. The first-order valence-corrected chi connectivity index (χ1v) is 6.70. The van der Waals surface area contributed by atoms with Gasteiger partial charge in [-0.15, -0.1) is 0 Å². The molecule has 0 aliphatic heterocycles. The third-order valence-corrected chi connectivity index (χ3v) is 4.01. The zero-order valence-corrected chi connectivity index (χ0v) is 11.7. The molecule has 1 amide bonds. The number of rotatable bonds is 4. The van der Waals surface area contributed by atoms with E-state index in [0.717, 1.165) is 4.31 Å². The Labute approximate surface area is 107 Å². The van der Waals surface area contributed by atoms with Crippen LogP contribution >= 0.6 is 0 Å². The molecule has 1 aromatic carbocycles. The smallest absolute Gasteiger partial charge is 0.265 e. The van der Waals surface area contributed by atoms with Crippen molar-refractivity contribution in [3.05, 3.63) is 29.8 Å². The molecule has 0 aliphatic carbocycles. The zero-order valence-electron chi connectivity index (χ0n) is 10.8. The van der Waals surface area contributed by atoms with E-state index in [9.17, 15) is 13.2 Å². The van der Waals surface area contributed by atoms with Gasteiger partial charge in [0.2, 0.25) is 10.0 Å². The van der Waals surface area contributed by atoms with Crippen LogP contribution in [0.4, 0.5) is 0 Å². The fourth-order valence-electron chi connectivity index (χ4n) is 1.28. The highest BCUT2D eigenvalue weighted by atomic mass is 32.2. The van der Waals surface area contributed by atoms with Crippen molar-refractivity contribution in [2.45, 2.75) is 4.90 Å². The quantitative estimate of drug-likeness (QED) is 0.791. The zero-order chi connectivity index (χ0) is 13.9. The number of carbonyl (C=O) groups excluding carboxylic acids is 1. The van der Waals surface area contributed by atoms with Gasteiger partial charge in [-0.1, -0.05) is 6.07 Å². The van der Waals surface area contributed by atoms with Crippen molar-refractivity contribution in [3.8, 4) is 0 Å². The summed E-state index contributed by atoms with van der Waals surface area (Å²) in [6, 6.07) is 5.92. The highest BCUT2D eigenvalue weighted by Crippen LogP contribution is 2.14. The van der Waals surface area contributed by atoms with Gasteiger partial charge in [0.1, 0.15) is 0 Å². The molecule has 1 aromatic rings. The van der Waals surface area contributed by atoms with Crippen molar-refractivity contribution < 1.29 is 13.2 Å². The Kier molecular flexibility index (Phi) is 4.44. The van der Waals surface area contributed by atoms with E-state index < -0.39 is 10.0 Å². The summed E-state index contributed by atoms with van der Waals surface area (Å²) in [7, 11) is 2.73. The minimum Gasteiger partial charge on any atom is -0.285 e. The Morgan fingerprint density at radius 1 is 1.17 bits per heavy atom. The maximum absolute atomic E-state index is 11.9. The van der Waals surface area contributed by atoms with Crippen LogP contribution in [0.15, 0.2) is 29.2 Å². The third-order valence-electron chi connectivity index (χ3n) is 2.20. The Morgan fingerprint density at radius 3 is 2.28 bits per heavy atom. The molecular weight excluding hydrogens is 254 g/mol. The lowest BCUT2D eigenvalue weighted by atomic mass is 10.2. The molecule has 0 saturated heterocycles. The van der Waals surface area contributed by atoms with Crippen LogP contribution in [0.2, 0.25) is 0 Å². The van der Waals surface area contributed by atoms with E-state index in [1.807, 2.05) is 0 Å². The van der Waals surface area contributed by atoms with Crippen LogP contribution in [0, 0.1) is 0 Å². The number of nitrogens with one attached hydrogen (secondary N) is 1. The van der Waals surface area contributed by atoms with Crippen molar-refractivity contribution in [1.29, 1.82) is 0 Å².